The van der Waals surface area contributed by atoms with Crippen molar-refractivity contribution in [1.29, 1.82) is 0 Å². The van der Waals surface area contributed by atoms with Crippen LogP contribution in [-0.2, 0) is 9.53 Å². The van der Waals surface area contributed by atoms with Crippen LogP contribution in [0.25, 0.3) is 6.08 Å². The number of amides is 2. The third-order valence-corrected chi connectivity index (χ3v) is 3.62. The maximum absolute atomic E-state index is 12.4. The predicted molar refractivity (Wildman–Crippen MR) is 103 cm³/mol. The Bertz CT molecular complexity index is 880. The Kier molecular flexibility index (Phi) is 7.24. The quantitative estimate of drug-likeness (QED) is 0.696. The average Bonchev–Trinajstić information content (AvgIpc) is 2.66. The van der Waals surface area contributed by atoms with Crippen LogP contribution in [0.3, 0.4) is 0 Å². The van der Waals surface area contributed by atoms with Crippen molar-refractivity contribution in [2.75, 3.05) is 23.9 Å². The van der Waals surface area contributed by atoms with E-state index in [1.807, 2.05) is 0 Å². The van der Waals surface area contributed by atoms with Gasteiger partial charge in [-0.15, -0.1) is 13.2 Å². The van der Waals surface area contributed by atoms with Crippen LogP contribution >= 0.6 is 0 Å². The number of alkyl halides is 3. The smallest absolute Gasteiger partial charge is 0.449 e. The number of ether oxygens (including phenoxy) is 2. The molecule has 0 bridgehead atoms. The van der Waals surface area contributed by atoms with E-state index in [2.05, 4.69) is 10.1 Å². The fourth-order valence-corrected chi connectivity index (χ4v) is 2.28. The first-order chi connectivity index (χ1) is 13.7. The normalized spacial score (nSPS) is 11.2. The number of rotatable bonds is 6. The van der Waals surface area contributed by atoms with E-state index in [-0.39, 0.29) is 12.2 Å². The maximum Gasteiger partial charge on any atom is 0.573 e. The number of hydrogen-bond acceptors (Lipinski definition) is 4. The Labute approximate surface area is 165 Å². The number of halogens is 3. The summed E-state index contributed by atoms with van der Waals surface area (Å²) >= 11 is 0. The summed E-state index contributed by atoms with van der Waals surface area (Å²) < 4.78 is 46.1. The van der Waals surface area contributed by atoms with Crippen LogP contribution < -0.4 is 15.0 Å². The molecule has 0 atom stereocenters. The molecule has 0 aliphatic carbocycles. The number of hydrogen-bond donors (Lipinski definition) is 1. The minimum Gasteiger partial charge on any atom is -0.449 e. The molecule has 0 heterocycles. The summed E-state index contributed by atoms with van der Waals surface area (Å²) in [6, 6.07) is 11.9. The molecule has 0 aliphatic heterocycles. The fraction of sp³-hybridized carbons (Fsp3) is 0.200. The summed E-state index contributed by atoms with van der Waals surface area (Å²) in [4.78, 5) is 25.0. The lowest BCUT2D eigenvalue weighted by atomic mass is 10.2. The molecule has 1 N–H and O–H groups in total. The largest absolute Gasteiger partial charge is 0.573 e. The van der Waals surface area contributed by atoms with Gasteiger partial charge < -0.3 is 14.8 Å². The SMILES string of the molecule is CCOC(=O)N(C)c1ccc(NC(=O)C=Cc2ccccc2OC(F)(F)F)cc1. The molecule has 2 aromatic carbocycles. The summed E-state index contributed by atoms with van der Waals surface area (Å²) in [5.74, 6) is -0.950. The zero-order valence-electron chi connectivity index (χ0n) is 15.7. The molecule has 6 nitrogen and oxygen atoms in total. The van der Waals surface area contributed by atoms with Gasteiger partial charge in [-0.3, -0.25) is 9.69 Å². The number of carbonyl (C=O) groups excluding carboxylic acids is 2. The van der Waals surface area contributed by atoms with E-state index < -0.39 is 24.1 Å². The first-order valence-electron chi connectivity index (χ1n) is 8.54. The number of nitrogens with zero attached hydrogens (tertiary/aromatic N) is 1. The van der Waals surface area contributed by atoms with Gasteiger partial charge in [0.2, 0.25) is 5.91 Å². The number of nitrogens with one attached hydrogen (secondary N) is 1. The molecular weight excluding hydrogens is 389 g/mol. The highest BCUT2D eigenvalue weighted by Crippen LogP contribution is 2.27. The van der Waals surface area contributed by atoms with Gasteiger partial charge in [0.1, 0.15) is 5.75 Å². The summed E-state index contributed by atoms with van der Waals surface area (Å²) in [5, 5.41) is 2.58. The third-order valence-electron chi connectivity index (χ3n) is 3.62. The summed E-state index contributed by atoms with van der Waals surface area (Å²) in [6.07, 6.45) is -3.02. The average molecular weight is 408 g/mol. The molecule has 2 amide bonds. The van der Waals surface area contributed by atoms with Crippen molar-refractivity contribution >= 4 is 29.5 Å². The van der Waals surface area contributed by atoms with Crippen LogP contribution in [-0.4, -0.2) is 32.0 Å². The Hall–Kier alpha value is -3.49. The predicted octanol–water partition coefficient (Wildman–Crippen LogP) is 4.83. The molecule has 0 spiro atoms. The van der Waals surface area contributed by atoms with Crippen molar-refractivity contribution in [2.45, 2.75) is 13.3 Å². The maximum atomic E-state index is 12.4. The molecule has 2 rings (SSSR count). The van der Waals surface area contributed by atoms with Crippen molar-refractivity contribution in [1.82, 2.24) is 0 Å². The summed E-state index contributed by atoms with van der Waals surface area (Å²) in [7, 11) is 1.55. The third kappa shape index (κ3) is 6.87. The Balaban J connectivity index is 2.02. The van der Waals surface area contributed by atoms with E-state index in [1.165, 1.54) is 29.2 Å². The van der Waals surface area contributed by atoms with Gasteiger partial charge in [0.25, 0.3) is 0 Å². The molecule has 29 heavy (non-hydrogen) atoms. The van der Waals surface area contributed by atoms with Crippen LogP contribution in [0.1, 0.15) is 12.5 Å². The van der Waals surface area contributed by atoms with Crippen molar-refractivity contribution < 1.29 is 32.2 Å². The van der Waals surface area contributed by atoms with E-state index in [0.717, 1.165) is 12.1 Å². The lowest BCUT2D eigenvalue weighted by Crippen LogP contribution is -2.26. The minimum absolute atomic E-state index is 0.103. The second-order valence-corrected chi connectivity index (χ2v) is 5.71. The minimum atomic E-state index is -4.83. The zero-order valence-corrected chi connectivity index (χ0v) is 15.7. The van der Waals surface area contributed by atoms with E-state index in [1.54, 1.807) is 38.2 Å². The fourth-order valence-electron chi connectivity index (χ4n) is 2.28. The van der Waals surface area contributed by atoms with Crippen LogP contribution in [0.5, 0.6) is 5.75 Å². The van der Waals surface area contributed by atoms with Crippen LogP contribution in [0.15, 0.2) is 54.6 Å². The molecule has 0 unspecified atom stereocenters. The highest BCUT2D eigenvalue weighted by molar-refractivity contribution is 6.02. The molecule has 2 aromatic rings. The number of carbonyl (C=O) groups is 2. The van der Waals surface area contributed by atoms with Crippen molar-refractivity contribution in [2.24, 2.45) is 0 Å². The van der Waals surface area contributed by atoms with Crippen LogP contribution in [0.2, 0.25) is 0 Å². The van der Waals surface area contributed by atoms with Gasteiger partial charge >= 0.3 is 12.5 Å². The zero-order chi connectivity index (χ0) is 21.4. The van der Waals surface area contributed by atoms with Gasteiger partial charge in [-0.1, -0.05) is 18.2 Å². The van der Waals surface area contributed by atoms with Crippen molar-refractivity contribution in [3.63, 3.8) is 0 Å². The van der Waals surface area contributed by atoms with Gasteiger partial charge in [0.05, 0.1) is 6.61 Å². The van der Waals surface area contributed by atoms with Gasteiger partial charge in [0.15, 0.2) is 0 Å². The van der Waals surface area contributed by atoms with E-state index in [0.29, 0.717) is 11.4 Å². The lowest BCUT2D eigenvalue weighted by molar-refractivity contribution is -0.274. The van der Waals surface area contributed by atoms with E-state index >= 15 is 0 Å². The number of anilines is 2. The van der Waals surface area contributed by atoms with Crippen LogP contribution in [0.4, 0.5) is 29.3 Å². The molecule has 0 aromatic heterocycles. The Morgan fingerprint density at radius 3 is 2.38 bits per heavy atom. The van der Waals surface area contributed by atoms with Gasteiger partial charge in [-0.05, 0) is 43.3 Å². The monoisotopic (exact) mass is 408 g/mol. The molecule has 154 valence electrons. The highest BCUT2D eigenvalue weighted by atomic mass is 19.4. The summed E-state index contributed by atoms with van der Waals surface area (Å²) in [6.45, 7) is 1.95. The Morgan fingerprint density at radius 1 is 1.10 bits per heavy atom. The second kappa shape index (κ2) is 9.63. The standard InChI is InChI=1S/C20H19F3N2O4/c1-3-28-19(27)25(2)16-11-9-15(10-12-16)24-18(26)13-8-14-6-4-5-7-17(14)29-20(21,22)23/h4-13H,3H2,1-2H3,(H,24,26). The molecule has 0 aliphatic rings. The molecule has 0 radical (unpaired) electrons. The topological polar surface area (TPSA) is 67.9 Å². The summed E-state index contributed by atoms with van der Waals surface area (Å²) in [5.41, 5.74) is 1.11. The van der Waals surface area contributed by atoms with Crippen LogP contribution in [0, 0.1) is 0 Å². The molecule has 0 saturated carbocycles. The van der Waals surface area contributed by atoms with Crippen molar-refractivity contribution in [3.05, 3.63) is 60.2 Å². The highest BCUT2D eigenvalue weighted by Gasteiger charge is 2.31. The Morgan fingerprint density at radius 2 is 1.76 bits per heavy atom. The van der Waals surface area contributed by atoms with E-state index in [9.17, 15) is 22.8 Å². The van der Waals surface area contributed by atoms with Gasteiger partial charge in [0, 0.05) is 30.1 Å². The lowest BCUT2D eigenvalue weighted by Gasteiger charge is -2.16. The van der Waals surface area contributed by atoms with E-state index in [4.69, 9.17) is 4.74 Å². The van der Waals surface area contributed by atoms with Crippen molar-refractivity contribution in [3.8, 4) is 5.75 Å². The first-order valence-corrected chi connectivity index (χ1v) is 8.54. The molecular formula is C20H19F3N2O4. The molecule has 0 fully saturated rings. The molecule has 0 saturated heterocycles. The van der Waals surface area contributed by atoms with Gasteiger partial charge in [-0.2, -0.15) is 0 Å². The number of para-hydroxylation sites is 1. The second-order valence-electron chi connectivity index (χ2n) is 5.71. The molecule has 9 heteroatoms. The van der Waals surface area contributed by atoms with Gasteiger partial charge in [-0.25, -0.2) is 4.79 Å². The number of benzene rings is 2. The first kappa shape index (κ1) is 21.8.